The molecular formula is C25H29N3O3S. The van der Waals surface area contributed by atoms with Gasteiger partial charge in [-0.25, -0.2) is 13.4 Å². The number of carbonyl (C=O) groups excluding carboxylic acids is 1. The van der Waals surface area contributed by atoms with E-state index in [0.717, 1.165) is 24.1 Å². The van der Waals surface area contributed by atoms with Crippen LogP contribution in [0.5, 0.6) is 0 Å². The summed E-state index contributed by atoms with van der Waals surface area (Å²) in [6, 6.07) is 18.5. The number of hydrogen-bond donors (Lipinski definition) is 0. The standard InChI is InChI=1S/C25H29N3O3S/c1-19(2)16-27(24(29)21-11-7-4-8-12-21)17-23-15-26-25(28(23)22-13-14-22)32(30,31)18-20-9-5-3-6-10-20/h3-12,15,19,22H,13-14,16-18H2,1-2H3. The smallest absolute Gasteiger partial charge is 0.254 e. The second-order valence-electron chi connectivity index (χ2n) is 8.82. The minimum Gasteiger partial charge on any atom is -0.333 e. The molecule has 0 saturated heterocycles. The third-order valence-corrected chi connectivity index (χ3v) is 7.05. The van der Waals surface area contributed by atoms with Gasteiger partial charge < -0.3 is 9.47 Å². The number of benzene rings is 2. The first-order valence-electron chi connectivity index (χ1n) is 11.0. The highest BCUT2D eigenvalue weighted by Crippen LogP contribution is 2.39. The van der Waals surface area contributed by atoms with Gasteiger partial charge in [0.25, 0.3) is 5.91 Å². The van der Waals surface area contributed by atoms with E-state index in [1.54, 1.807) is 11.1 Å². The molecule has 0 N–H and O–H groups in total. The molecule has 0 unspecified atom stereocenters. The van der Waals surface area contributed by atoms with Crippen LogP contribution in [0.2, 0.25) is 0 Å². The van der Waals surface area contributed by atoms with Crippen LogP contribution >= 0.6 is 0 Å². The lowest BCUT2D eigenvalue weighted by Crippen LogP contribution is -2.34. The number of rotatable bonds is 9. The lowest BCUT2D eigenvalue weighted by molar-refractivity contribution is 0.0718. The molecule has 1 aliphatic rings. The Morgan fingerprint density at radius 3 is 2.28 bits per heavy atom. The molecule has 6 nitrogen and oxygen atoms in total. The summed E-state index contributed by atoms with van der Waals surface area (Å²) in [5.41, 5.74) is 2.13. The molecule has 0 aliphatic heterocycles. The molecule has 0 spiro atoms. The number of carbonyl (C=O) groups is 1. The molecule has 168 valence electrons. The topological polar surface area (TPSA) is 72.3 Å². The third kappa shape index (κ3) is 5.10. The second kappa shape index (κ2) is 9.28. The average molecular weight is 452 g/mol. The van der Waals surface area contributed by atoms with Crippen LogP contribution in [0.3, 0.4) is 0 Å². The van der Waals surface area contributed by atoms with E-state index >= 15 is 0 Å². The zero-order chi connectivity index (χ0) is 22.7. The maximum Gasteiger partial charge on any atom is 0.254 e. The van der Waals surface area contributed by atoms with E-state index < -0.39 is 9.84 Å². The van der Waals surface area contributed by atoms with Crippen LogP contribution in [0.15, 0.2) is 72.0 Å². The molecule has 0 radical (unpaired) electrons. The number of hydrogen-bond acceptors (Lipinski definition) is 4. The van der Waals surface area contributed by atoms with Crippen molar-refractivity contribution in [1.29, 1.82) is 0 Å². The summed E-state index contributed by atoms with van der Waals surface area (Å²) in [6.07, 6.45) is 3.48. The highest BCUT2D eigenvalue weighted by Gasteiger charge is 2.34. The van der Waals surface area contributed by atoms with Crippen molar-refractivity contribution in [2.75, 3.05) is 6.54 Å². The molecule has 4 rings (SSSR count). The Hall–Kier alpha value is -2.93. The fourth-order valence-electron chi connectivity index (χ4n) is 3.92. The van der Waals surface area contributed by atoms with Crippen molar-refractivity contribution in [1.82, 2.24) is 14.5 Å². The second-order valence-corrected chi connectivity index (χ2v) is 10.7. The molecule has 1 aliphatic carbocycles. The summed E-state index contributed by atoms with van der Waals surface area (Å²) in [5.74, 6) is 0.133. The van der Waals surface area contributed by atoms with E-state index in [4.69, 9.17) is 0 Å². The minimum absolute atomic E-state index is 0.0588. The summed E-state index contributed by atoms with van der Waals surface area (Å²) >= 11 is 0. The lowest BCUT2D eigenvalue weighted by atomic mass is 10.1. The van der Waals surface area contributed by atoms with Gasteiger partial charge in [-0.1, -0.05) is 62.4 Å². The van der Waals surface area contributed by atoms with Crippen LogP contribution in [0.25, 0.3) is 0 Å². The predicted molar refractivity (Wildman–Crippen MR) is 124 cm³/mol. The van der Waals surface area contributed by atoms with Gasteiger partial charge in [0.1, 0.15) is 0 Å². The first-order chi connectivity index (χ1) is 15.3. The molecule has 1 saturated carbocycles. The van der Waals surface area contributed by atoms with E-state index in [2.05, 4.69) is 18.8 Å². The van der Waals surface area contributed by atoms with Crippen molar-refractivity contribution in [3.8, 4) is 0 Å². The van der Waals surface area contributed by atoms with Crippen LogP contribution in [-0.2, 0) is 22.1 Å². The monoisotopic (exact) mass is 451 g/mol. The summed E-state index contributed by atoms with van der Waals surface area (Å²) in [4.78, 5) is 19.3. The summed E-state index contributed by atoms with van der Waals surface area (Å²) in [6.45, 7) is 5.05. The van der Waals surface area contributed by atoms with Gasteiger partial charge >= 0.3 is 0 Å². The predicted octanol–water partition coefficient (Wildman–Crippen LogP) is 4.49. The van der Waals surface area contributed by atoms with Crippen molar-refractivity contribution < 1.29 is 13.2 Å². The first kappa shape index (κ1) is 22.3. The number of aromatic nitrogens is 2. The van der Waals surface area contributed by atoms with Crippen LogP contribution in [0.1, 0.15) is 54.3 Å². The van der Waals surface area contributed by atoms with E-state index in [1.165, 1.54) is 0 Å². The Balaban J connectivity index is 1.64. The maximum absolute atomic E-state index is 13.2. The Kier molecular flexibility index (Phi) is 6.46. The van der Waals surface area contributed by atoms with Crippen molar-refractivity contribution in [3.05, 3.63) is 83.7 Å². The molecule has 3 aromatic rings. The van der Waals surface area contributed by atoms with E-state index in [1.807, 2.05) is 65.2 Å². The Bertz CT molecular complexity index is 1170. The summed E-state index contributed by atoms with van der Waals surface area (Å²) in [5, 5.41) is 0.107. The van der Waals surface area contributed by atoms with Gasteiger partial charge in [0.2, 0.25) is 15.0 Å². The van der Waals surface area contributed by atoms with Crippen LogP contribution < -0.4 is 0 Å². The van der Waals surface area contributed by atoms with Crippen LogP contribution in [0.4, 0.5) is 0 Å². The van der Waals surface area contributed by atoms with E-state index in [0.29, 0.717) is 18.7 Å². The summed E-state index contributed by atoms with van der Waals surface area (Å²) in [7, 11) is -3.61. The van der Waals surface area contributed by atoms with Gasteiger partial charge in [0, 0.05) is 18.2 Å². The highest BCUT2D eigenvalue weighted by molar-refractivity contribution is 7.90. The van der Waals surface area contributed by atoms with Gasteiger partial charge in [-0.2, -0.15) is 0 Å². The fourth-order valence-corrected chi connectivity index (χ4v) is 5.46. The van der Waals surface area contributed by atoms with Crippen molar-refractivity contribution in [3.63, 3.8) is 0 Å². The molecule has 0 bridgehead atoms. The Labute approximate surface area is 189 Å². The average Bonchev–Trinajstić information content (AvgIpc) is 3.52. The highest BCUT2D eigenvalue weighted by atomic mass is 32.2. The SMILES string of the molecule is CC(C)CN(Cc1cnc(S(=O)(=O)Cc2ccccc2)n1C1CC1)C(=O)c1ccccc1. The van der Waals surface area contributed by atoms with Gasteiger partial charge in [-0.15, -0.1) is 0 Å². The number of nitrogens with zero attached hydrogens (tertiary/aromatic N) is 3. The van der Waals surface area contributed by atoms with Gasteiger partial charge in [-0.05, 0) is 36.5 Å². The molecule has 2 aromatic carbocycles. The van der Waals surface area contributed by atoms with Crippen molar-refractivity contribution in [2.45, 2.75) is 50.2 Å². The van der Waals surface area contributed by atoms with E-state index in [-0.39, 0.29) is 28.8 Å². The number of sulfone groups is 1. The molecular weight excluding hydrogens is 422 g/mol. The zero-order valence-corrected chi connectivity index (χ0v) is 19.3. The lowest BCUT2D eigenvalue weighted by Gasteiger charge is -2.25. The largest absolute Gasteiger partial charge is 0.333 e. The number of amides is 1. The van der Waals surface area contributed by atoms with Crippen molar-refractivity contribution in [2.24, 2.45) is 5.92 Å². The Morgan fingerprint density at radius 1 is 1.06 bits per heavy atom. The summed E-state index contributed by atoms with van der Waals surface area (Å²) < 4.78 is 28.3. The zero-order valence-electron chi connectivity index (χ0n) is 18.5. The maximum atomic E-state index is 13.2. The fraction of sp³-hybridized carbons (Fsp3) is 0.360. The molecule has 1 fully saturated rings. The van der Waals surface area contributed by atoms with Crippen molar-refractivity contribution >= 4 is 15.7 Å². The van der Waals surface area contributed by atoms with Crippen LogP contribution in [-0.4, -0.2) is 35.3 Å². The molecule has 0 atom stereocenters. The third-order valence-electron chi connectivity index (χ3n) is 5.48. The van der Waals surface area contributed by atoms with Crippen LogP contribution in [0, 0.1) is 5.92 Å². The molecule has 1 heterocycles. The molecule has 7 heteroatoms. The van der Waals surface area contributed by atoms with Gasteiger partial charge in [0.05, 0.1) is 24.2 Å². The normalized spacial score (nSPS) is 14.0. The first-order valence-corrected chi connectivity index (χ1v) is 12.7. The van der Waals surface area contributed by atoms with Gasteiger partial charge in [0.15, 0.2) is 0 Å². The van der Waals surface area contributed by atoms with Gasteiger partial charge in [-0.3, -0.25) is 4.79 Å². The molecule has 32 heavy (non-hydrogen) atoms. The van der Waals surface area contributed by atoms with E-state index in [9.17, 15) is 13.2 Å². The molecule has 1 aromatic heterocycles. The number of imidazole rings is 1. The molecule has 1 amide bonds. The minimum atomic E-state index is -3.61. The Morgan fingerprint density at radius 2 is 1.69 bits per heavy atom. The quantitative estimate of drug-likeness (QED) is 0.481.